The van der Waals surface area contributed by atoms with Crippen molar-refractivity contribution in [1.29, 1.82) is 0 Å². The number of piperazine rings is 1. The van der Waals surface area contributed by atoms with Crippen LogP contribution in [0.5, 0.6) is 5.75 Å². The minimum absolute atomic E-state index is 0.0273. The molecule has 5 rings (SSSR count). The topological polar surface area (TPSA) is 74.9 Å². The highest BCUT2D eigenvalue weighted by Crippen LogP contribution is 2.43. The number of nitrogens with one attached hydrogen (secondary N) is 1. The van der Waals surface area contributed by atoms with Gasteiger partial charge in [-0.25, -0.2) is 0 Å². The number of rotatable bonds is 5. The quantitative estimate of drug-likeness (QED) is 0.690. The van der Waals surface area contributed by atoms with Crippen LogP contribution < -0.4 is 4.74 Å². The van der Waals surface area contributed by atoms with Crippen LogP contribution in [-0.2, 0) is 20.7 Å². The van der Waals surface area contributed by atoms with Crippen molar-refractivity contribution < 1.29 is 19.1 Å². The molecule has 1 N–H and O–H groups in total. The number of carbonyl (C=O) groups is 2. The van der Waals surface area contributed by atoms with Crippen molar-refractivity contribution in [3.63, 3.8) is 0 Å². The third kappa shape index (κ3) is 3.16. The Bertz CT molecular complexity index is 1150. The summed E-state index contributed by atoms with van der Waals surface area (Å²) in [5, 5.41) is 1.10. The molecule has 3 heterocycles. The van der Waals surface area contributed by atoms with Gasteiger partial charge >= 0.3 is 0 Å². The minimum Gasteiger partial charge on any atom is -0.497 e. The van der Waals surface area contributed by atoms with Gasteiger partial charge in [-0.2, -0.15) is 0 Å². The Kier molecular flexibility index (Phi) is 4.90. The number of fused-ring (bicyclic) bond motifs is 4. The van der Waals surface area contributed by atoms with Gasteiger partial charge < -0.3 is 24.3 Å². The summed E-state index contributed by atoms with van der Waals surface area (Å²) in [6, 6.07) is 14.9. The molecule has 2 aromatic carbocycles. The summed E-state index contributed by atoms with van der Waals surface area (Å²) < 4.78 is 10.6. The third-order valence-electron chi connectivity index (χ3n) is 6.32. The Balaban J connectivity index is 1.67. The second-order valence-electron chi connectivity index (χ2n) is 8.02. The van der Waals surface area contributed by atoms with E-state index in [0.29, 0.717) is 19.6 Å². The predicted octanol–water partition coefficient (Wildman–Crippen LogP) is 2.51. The number of aromatic nitrogens is 1. The van der Waals surface area contributed by atoms with Crippen molar-refractivity contribution in [3.8, 4) is 5.75 Å². The van der Waals surface area contributed by atoms with E-state index in [4.69, 9.17) is 9.47 Å². The number of aromatic amines is 1. The number of benzene rings is 2. The SMILES string of the molecule is COCCN1CC(=O)N2[C@H](c3cccc(OC)c3)c3[nH]c4ccccc4c3C[C@H]2C1=O. The predicted molar refractivity (Wildman–Crippen MR) is 116 cm³/mol. The van der Waals surface area contributed by atoms with Crippen LogP contribution in [-0.4, -0.2) is 66.6 Å². The molecule has 0 bridgehead atoms. The first-order chi connectivity index (χ1) is 15.1. The molecule has 7 nitrogen and oxygen atoms in total. The Labute approximate surface area is 180 Å². The van der Waals surface area contributed by atoms with Crippen LogP contribution in [0.25, 0.3) is 10.9 Å². The molecule has 1 fully saturated rings. The maximum Gasteiger partial charge on any atom is 0.246 e. The molecule has 2 atom stereocenters. The van der Waals surface area contributed by atoms with E-state index in [9.17, 15) is 9.59 Å². The van der Waals surface area contributed by atoms with Crippen molar-refractivity contribution in [2.75, 3.05) is 33.9 Å². The van der Waals surface area contributed by atoms with Gasteiger partial charge in [0, 0.05) is 36.7 Å². The highest BCUT2D eigenvalue weighted by molar-refractivity contribution is 5.97. The average molecular weight is 419 g/mol. The summed E-state index contributed by atoms with van der Waals surface area (Å²) in [6.45, 7) is 0.883. The number of nitrogens with zero attached hydrogens (tertiary/aromatic N) is 2. The standard InChI is InChI=1S/C24H25N3O4/c1-30-11-10-26-14-21(28)27-20(24(26)29)13-18-17-8-3-4-9-19(17)25-22(18)23(27)15-6-5-7-16(12-15)31-2/h3-9,12,20,23,25H,10-11,13-14H2,1-2H3/t20-,23+/m0/s1. The fraction of sp³-hybridized carbons (Fsp3) is 0.333. The number of methoxy groups -OCH3 is 2. The van der Waals surface area contributed by atoms with Crippen LogP contribution in [0.15, 0.2) is 48.5 Å². The van der Waals surface area contributed by atoms with Gasteiger partial charge in [-0.05, 0) is 29.3 Å². The third-order valence-corrected chi connectivity index (χ3v) is 6.32. The molecule has 31 heavy (non-hydrogen) atoms. The van der Waals surface area contributed by atoms with Crippen LogP contribution in [0.1, 0.15) is 22.9 Å². The molecule has 1 aromatic heterocycles. The zero-order valence-corrected chi connectivity index (χ0v) is 17.6. The number of amides is 2. The molecule has 0 unspecified atom stereocenters. The van der Waals surface area contributed by atoms with E-state index in [2.05, 4.69) is 11.1 Å². The van der Waals surface area contributed by atoms with Gasteiger partial charge in [0.2, 0.25) is 11.8 Å². The van der Waals surface area contributed by atoms with Gasteiger partial charge in [0.25, 0.3) is 0 Å². The van der Waals surface area contributed by atoms with Crippen LogP contribution in [0.4, 0.5) is 0 Å². The summed E-state index contributed by atoms with van der Waals surface area (Å²) in [5.41, 5.74) is 4.00. The Morgan fingerprint density at radius 1 is 1.10 bits per heavy atom. The summed E-state index contributed by atoms with van der Waals surface area (Å²) >= 11 is 0. The van der Waals surface area contributed by atoms with Crippen LogP contribution in [0, 0.1) is 0 Å². The average Bonchev–Trinajstić information content (AvgIpc) is 3.17. The molecule has 2 amide bonds. The van der Waals surface area contributed by atoms with E-state index in [1.54, 1.807) is 24.0 Å². The molecule has 1 saturated heterocycles. The summed E-state index contributed by atoms with van der Waals surface area (Å²) in [5.74, 6) is 0.632. The van der Waals surface area contributed by atoms with Crippen molar-refractivity contribution in [2.24, 2.45) is 0 Å². The summed E-state index contributed by atoms with van der Waals surface area (Å²) in [4.78, 5) is 33.7. The number of H-pyrrole nitrogens is 1. The molecule has 160 valence electrons. The summed E-state index contributed by atoms with van der Waals surface area (Å²) in [6.07, 6.45) is 0.494. The van der Waals surface area contributed by atoms with E-state index in [0.717, 1.165) is 33.5 Å². The zero-order valence-electron chi connectivity index (χ0n) is 17.6. The lowest BCUT2D eigenvalue weighted by molar-refractivity contribution is -0.159. The van der Waals surface area contributed by atoms with Crippen LogP contribution >= 0.6 is 0 Å². The normalized spacial score (nSPS) is 20.7. The molecule has 0 spiro atoms. The smallest absolute Gasteiger partial charge is 0.246 e. The van der Waals surface area contributed by atoms with Crippen LogP contribution in [0.3, 0.4) is 0 Å². The van der Waals surface area contributed by atoms with E-state index in [-0.39, 0.29) is 24.4 Å². The van der Waals surface area contributed by atoms with Gasteiger partial charge in [-0.3, -0.25) is 9.59 Å². The Morgan fingerprint density at radius 3 is 2.74 bits per heavy atom. The second kappa shape index (κ2) is 7.74. The number of hydrogen-bond acceptors (Lipinski definition) is 4. The van der Waals surface area contributed by atoms with Gasteiger partial charge in [-0.1, -0.05) is 30.3 Å². The largest absolute Gasteiger partial charge is 0.497 e. The van der Waals surface area contributed by atoms with E-state index >= 15 is 0 Å². The first-order valence-corrected chi connectivity index (χ1v) is 10.4. The van der Waals surface area contributed by atoms with Gasteiger partial charge in [0.1, 0.15) is 11.8 Å². The Morgan fingerprint density at radius 2 is 1.94 bits per heavy atom. The monoisotopic (exact) mass is 419 g/mol. The number of para-hydroxylation sites is 1. The van der Waals surface area contributed by atoms with E-state index < -0.39 is 6.04 Å². The maximum absolute atomic E-state index is 13.4. The molecule has 0 aliphatic carbocycles. The first kappa shape index (κ1) is 19.6. The molecule has 0 saturated carbocycles. The molecule has 7 heteroatoms. The highest BCUT2D eigenvalue weighted by Gasteiger charge is 2.48. The number of hydrogen-bond donors (Lipinski definition) is 1. The number of ether oxygens (including phenoxy) is 2. The van der Waals surface area contributed by atoms with Gasteiger partial charge in [0.15, 0.2) is 0 Å². The number of carbonyl (C=O) groups excluding carboxylic acids is 2. The van der Waals surface area contributed by atoms with Crippen molar-refractivity contribution in [3.05, 3.63) is 65.4 Å². The second-order valence-corrected chi connectivity index (χ2v) is 8.02. The van der Waals surface area contributed by atoms with Gasteiger partial charge in [-0.15, -0.1) is 0 Å². The Hall–Kier alpha value is -3.32. The summed E-state index contributed by atoms with van der Waals surface area (Å²) in [7, 11) is 3.22. The molecule has 2 aliphatic heterocycles. The van der Waals surface area contributed by atoms with Crippen molar-refractivity contribution in [1.82, 2.24) is 14.8 Å². The van der Waals surface area contributed by atoms with Crippen molar-refractivity contribution in [2.45, 2.75) is 18.5 Å². The van der Waals surface area contributed by atoms with E-state index in [1.165, 1.54) is 0 Å². The fourth-order valence-corrected chi connectivity index (χ4v) is 4.87. The minimum atomic E-state index is -0.541. The maximum atomic E-state index is 13.4. The molecule has 0 radical (unpaired) electrons. The molecular formula is C24H25N3O4. The zero-order chi connectivity index (χ0) is 21.5. The van der Waals surface area contributed by atoms with Crippen molar-refractivity contribution >= 4 is 22.7 Å². The van der Waals surface area contributed by atoms with Crippen LogP contribution in [0.2, 0.25) is 0 Å². The highest BCUT2D eigenvalue weighted by atomic mass is 16.5. The molecule has 3 aromatic rings. The van der Waals surface area contributed by atoms with Gasteiger partial charge in [0.05, 0.1) is 26.3 Å². The lowest BCUT2D eigenvalue weighted by Crippen LogP contribution is -2.63. The van der Waals surface area contributed by atoms with E-state index in [1.807, 2.05) is 42.5 Å². The fourth-order valence-electron chi connectivity index (χ4n) is 4.87. The molecule has 2 aliphatic rings. The molecular weight excluding hydrogens is 394 g/mol. The lowest BCUT2D eigenvalue weighted by Gasteiger charge is -2.47. The first-order valence-electron chi connectivity index (χ1n) is 10.4. The lowest BCUT2D eigenvalue weighted by atomic mass is 9.86.